The first kappa shape index (κ1) is 55.7. The van der Waals surface area contributed by atoms with Gasteiger partial charge in [-0.1, -0.05) is 40.9 Å². The van der Waals surface area contributed by atoms with Crippen molar-refractivity contribution in [1.82, 2.24) is 0 Å². The molecule has 21 nitrogen and oxygen atoms in total. The van der Waals surface area contributed by atoms with Gasteiger partial charge >= 0.3 is 5.97 Å². The number of hydrogen-bond donors (Lipinski definition) is 5. The summed E-state index contributed by atoms with van der Waals surface area (Å²) in [6.45, 7) is 17.2. The number of fused-ring (bicyclic) bond motifs is 10. The maximum atomic E-state index is 14.6. The van der Waals surface area contributed by atoms with Crippen LogP contribution in [0, 0.1) is 23.7 Å². The van der Waals surface area contributed by atoms with Crippen molar-refractivity contribution >= 4 is 5.97 Å². The second kappa shape index (κ2) is 20.4. The van der Waals surface area contributed by atoms with Gasteiger partial charge < -0.3 is 96.6 Å². The van der Waals surface area contributed by atoms with Crippen LogP contribution in [-0.4, -0.2) is 214 Å². The molecule has 16 aliphatic heterocycles. The fraction of sp³-hybridized carbons (Fsp3) is 0.917. The molecule has 5 N–H and O–H groups in total. The summed E-state index contributed by atoms with van der Waals surface area (Å²) in [6, 6.07) is 0. The molecule has 452 valence electrons. The van der Waals surface area contributed by atoms with E-state index in [-0.39, 0.29) is 110 Å². The lowest BCUT2D eigenvalue weighted by Gasteiger charge is -2.50. The van der Waals surface area contributed by atoms with E-state index in [1.165, 1.54) is 0 Å². The van der Waals surface area contributed by atoms with E-state index in [2.05, 4.69) is 40.9 Å². The number of aliphatic hydroxyl groups is 5. The minimum atomic E-state index is -2.03. The maximum Gasteiger partial charge on any atom is 0.308 e. The largest absolute Gasteiger partial charge is 0.459 e. The van der Waals surface area contributed by atoms with Crippen molar-refractivity contribution in [3.05, 3.63) is 24.3 Å². The summed E-state index contributed by atoms with van der Waals surface area (Å²) in [7, 11) is 0. The van der Waals surface area contributed by atoms with Gasteiger partial charge in [-0.05, 0) is 73.8 Å². The lowest BCUT2D eigenvalue weighted by Crippen LogP contribution is -2.63. The van der Waals surface area contributed by atoms with Gasteiger partial charge in [0.2, 0.25) is 11.6 Å². The van der Waals surface area contributed by atoms with Crippen LogP contribution in [0.3, 0.4) is 0 Å². The standard InChI is InChI=1S/C60H86O21/c1-25-13-32-7-9-36-26(2)14-34(67-36)11-12-59-56(65)60(66)55(81-59)54-53(80-60)52(79-59)51-37(71-54)10-8-33(69-51)16-46(64)74-50-30(6)49-42(70-41(50)17-38(68-32)29(25)5)19-40-44(73-49)22-58(75-40)23-45-48(78-58)28(4)21-57(77-45)20-27(3)47-43(76-57)18-39(72-47)35(63)15-31(62)24-61/h25,27-28,30-45,47-56,61-63,65-66H,2,5,7-24H2,1,3-4,6H3. The topological polar surface area (TPSA) is 257 Å². The Morgan fingerprint density at radius 1 is 0.568 bits per heavy atom. The Morgan fingerprint density at radius 3 is 2.10 bits per heavy atom. The van der Waals surface area contributed by atoms with Crippen molar-refractivity contribution in [2.24, 2.45) is 23.7 Å². The molecular formula is C60H86O21. The minimum absolute atomic E-state index is 0.0207. The molecule has 16 aliphatic rings. The summed E-state index contributed by atoms with van der Waals surface area (Å²) >= 11 is 0. The third kappa shape index (κ3) is 9.28. The Balaban J connectivity index is 0.660. The first-order valence-corrected chi connectivity index (χ1v) is 31.0. The van der Waals surface area contributed by atoms with Crippen molar-refractivity contribution in [2.75, 3.05) is 6.61 Å². The molecule has 0 saturated carbocycles. The third-order valence-electron chi connectivity index (χ3n) is 22.2. The number of aliphatic hydroxyl groups excluding tert-OH is 4. The molecule has 0 amide bonds. The van der Waals surface area contributed by atoms with Crippen LogP contribution >= 0.6 is 0 Å². The van der Waals surface area contributed by atoms with Gasteiger partial charge in [0.1, 0.15) is 36.6 Å². The first-order chi connectivity index (χ1) is 38.8. The first-order valence-electron chi connectivity index (χ1n) is 31.0. The van der Waals surface area contributed by atoms with Crippen molar-refractivity contribution in [1.29, 1.82) is 0 Å². The van der Waals surface area contributed by atoms with E-state index < -0.39 is 121 Å². The average Bonchev–Trinajstić information content (AvgIpc) is 4.44. The number of esters is 1. The summed E-state index contributed by atoms with van der Waals surface area (Å²) in [5.41, 5.74) is 1.99. The molecule has 16 fully saturated rings. The van der Waals surface area contributed by atoms with Gasteiger partial charge in [0.25, 0.3) is 0 Å². The molecule has 0 aromatic heterocycles. The van der Waals surface area contributed by atoms with Crippen LogP contribution in [-0.2, 0) is 75.8 Å². The van der Waals surface area contributed by atoms with E-state index >= 15 is 0 Å². The maximum absolute atomic E-state index is 14.6. The molecule has 0 aromatic carbocycles. The fourth-order valence-corrected chi connectivity index (χ4v) is 18.2. The highest BCUT2D eigenvalue weighted by atomic mass is 16.8. The van der Waals surface area contributed by atoms with Crippen LogP contribution in [0.2, 0.25) is 0 Å². The third-order valence-corrected chi connectivity index (χ3v) is 22.2. The number of ether oxygens (including phenoxy) is 15. The molecule has 33 atom stereocenters. The number of rotatable bonds is 4. The predicted molar refractivity (Wildman–Crippen MR) is 276 cm³/mol. The van der Waals surface area contributed by atoms with Crippen LogP contribution in [0.15, 0.2) is 24.3 Å². The Hall–Kier alpha value is -1.81. The van der Waals surface area contributed by atoms with Crippen LogP contribution in [0.1, 0.15) is 137 Å². The zero-order valence-corrected chi connectivity index (χ0v) is 47.2. The van der Waals surface area contributed by atoms with Gasteiger partial charge in [0.15, 0.2) is 17.7 Å². The molecule has 0 radical (unpaired) electrons. The Labute approximate surface area is 473 Å². The monoisotopic (exact) mass is 1140 g/mol. The predicted octanol–water partition coefficient (Wildman–Crippen LogP) is 3.22. The lowest BCUT2D eigenvalue weighted by molar-refractivity contribution is -0.347. The molecule has 12 bridgehead atoms. The summed E-state index contributed by atoms with van der Waals surface area (Å²) in [5, 5.41) is 54.2. The van der Waals surface area contributed by atoms with E-state index in [1.807, 2.05) is 0 Å². The Morgan fingerprint density at radius 2 is 1.27 bits per heavy atom. The van der Waals surface area contributed by atoms with E-state index in [0.29, 0.717) is 77.0 Å². The summed E-state index contributed by atoms with van der Waals surface area (Å²) in [4.78, 5) is 14.6. The molecule has 81 heavy (non-hydrogen) atoms. The second-order valence-corrected chi connectivity index (χ2v) is 27.8. The van der Waals surface area contributed by atoms with Gasteiger partial charge in [0.05, 0.1) is 123 Å². The summed E-state index contributed by atoms with van der Waals surface area (Å²) < 4.78 is 102. The van der Waals surface area contributed by atoms with Crippen LogP contribution in [0.4, 0.5) is 0 Å². The molecular weight excluding hydrogens is 1060 g/mol. The van der Waals surface area contributed by atoms with Crippen LogP contribution in [0.25, 0.3) is 0 Å². The van der Waals surface area contributed by atoms with E-state index in [9.17, 15) is 30.3 Å². The summed E-state index contributed by atoms with van der Waals surface area (Å²) in [5.74, 6) is -5.84. The molecule has 0 aromatic rings. The normalized spacial score (nSPS) is 57.9. The number of hydrogen-bond acceptors (Lipinski definition) is 21. The van der Waals surface area contributed by atoms with Gasteiger partial charge in [-0.2, -0.15) is 0 Å². The number of carbonyl (C=O) groups is 1. The zero-order valence-electron chi connectivity index (χ0n) is 47.2. The highest BCUT2D eigenvalue weighted by Crippen LogP contribution is 2.60. The SMILES string of the molecule is C=C1CC2CCC34OC5C6OC(CCC6OC6C5OC(O)(C6O3)C4O)CC(=O)OC3C(CC4OC(CCC1O2)CC(C)C4=C)OC1CC2OC4(CC2OC1C3C)CC1OC2(CC(C)C3OC(C(O)CC(O)CO)CC3O2)CC(C)C1O4. The van der Waals surface area contributed by atoms with Crippen molar-refractivity contribution in [3.8, 4) is 0 Å². The van der Waals surface area contributed by atoms with Gasteiger partial charge in [0, 0.05) is 63.7 Å². The zero-order chi connectivity index (χ0) is 55.8. The quantitative estimate of drug-likeness (QED) is 0.200. The van der Waals surface area contributed by atoms with Crippen molar-refractivity contribution in [2.45, 2.75) is 313 Å². The molecule has 16 saturated heterocycles. The average molecular weight is 1140 g/mol. The molecule has 21 heteroatoms. The Bertz CT molecular complexity index is 2430. The molecule has 16 rings (SSSR count). The van der Waals surface area contributed by atoms with Gasteiger partial charge in [-0.15, -0.1) is 0 Å². The fourth-order valence-electron chi connectivity index (χ4n) is 18.2. The van der Waals surface area contributed by atoms with Crippen molar-refractivity contribution in [3.63, 3.8) is 0 Å². The lowest BCUT2D eigenvalue weighted by atomic mass is 9.79. The molecule has 3 spiro atoms. The second-order valence-electron chi connectivity index (χ2n) is 27.8. The van der Waals surface area contributed by atoms with E-state index in [0.717, 1.165) is 24.0 Å². The van der Waals surface area contributed by atoms with Gasteiger partial charge in [-0.3, -0.25) is 4.79 Å². The van der Waals surface area contributed by atoms with E-state index in [1.54, 1.807) is 0 Å². The van der Waals surface area contributed by atoms with Crippen LogP contribution < -0.4 is 0 Å². The smallest absolute Gasteiger partial charge is 0.308 e. The van der Waals surface area contributed by atoms with Gasteiger partial charge in [-0.25, -0.2) is 0 Å². The number of carbonyl (C=O) groups excluding carboxylic acids is 1. The van der Waals surface area contributed by atoms with Crippen molar-refractivity contribution < 1.29 is 101 Å². The Kier molecular flexibility index (Phi) is 14.0. The minimum Gasteiger partial charge on any atom is -0.459 e. The summed E-state index contributed by atoms with van der Waals surface area (Å²) in [6.07, 6.45) is -5.06. The van der Waals surface area contributed by atoms with Crippen LogP contribution in [0.5, 0.6) is 0 Å². The van der Waals surface area contributed by atoms with E-state index in [4.69, 9.17) is 71.1 Å². The highest BCUT2D eigenvalue weighted by molar-refractivity contribution is 5.70. The highest BCUT2D eigenvalue weighted by Gasteiger charge is 2.79. The molecule has 0 aliphatic carbocycles. The molecule has 16 heterocycles. The molecule has 33 unspecified atom stereocenters.